The van der Waals surface area contributed by atoms with Crippen LogP contribution in [0.15, 0.2) is 6.07 Å². The van der Waals surface area contributed by atoms with Gasteiger partial charge in [-0.15, -0.1) is 11.3 Å². The van der Waals surface area contributed by atoms with Gasteiger partial charge in [0.25, 0.3) is 0 Å². The number of hydrogen-bond acceptors (Lipinski definition) is 4. The molecule has 1 aromatic rings. The van der Waals surface area contributed by atoms with Gasteiger partial charge in [0.2, 0.25) is 0 Å². The topological polar surface area (TPSA) is 15.3 Å². The van der Waals surface area contributed by atoms with E-state index in [1.165, 1.54) is 40.5 Å². The molecule has 1 N–H and O–H groups in total. The molecule has 102 valence electrons. The van der Waals surface area contributed by atoms with Crippen LogP contribution < -0.4 is 5.32 Å². The molecule has 1 heterocycles. The van der Waals surface area contributed by atoms with Crippen molar-refractivity contribution in [2.45, 2.75) is 38.9 Å². The largest absolute Gasteiger partial charge is 0.309 e. The molecule has 0 aliphatic heterocycles. The lowest BCUT2D eigenvalue weighted by atomic mass is 10.2. The fraction of sp³-hybridized carbons (Fsp3) is 0.714. The van der Waals surface area contributed by atoms with Gasteiger partial charge in [-0.3, -0.25) is 0 Å². The highest BCUT2D eigenvalue weighted by atomic mass is 32.2. The van der Waals surface area contributed by atoms with E-state index in [-0.39, 0.29) is 0 Å². The van der Waals surface area contributed by atoms with Gasteiger partial charge in [-0.25, -0.2) is 0 Å². The van der Waals surface area contributed by atoms with Crippen molar-refractivity contribution in [2.24, 2.45) is 0 Å². The van der Waals surface area contributed by atoms with Crippen LogP contribution in [-0.4, -0.2) is 36.5 Å². The first-order chi connectivity index (χ1) is 8.69. The number of hydrogen-bond donors (Lipinski definition) is 1. The number of thioether (sulfide) groups is 1. The lowest BCUT2D eigenvalue weighted by Crippen LogP contribution is -2.20. The van der Waals surface area contributed by atoms with Crippen molar-refractivity contribution in [3.05, 3.63) is 21.4 Å². The van der Waals surface area contributed by atoms with Crippen molar-refractivity contribution >= 4 is 23.1 Å². The van der Waals surface area contributed by atoms with Gasteiger partial charge in [0.15, 0.2) is 0 Å². The molecule has 2 nitrogen and oxygen atoms in total. The summed E-state index contributed by atoms with van der Waals surface area (Å²) in [7, 11) is 2.22. The SMILES string of the molecule is CSCCN(C)Cc1cc(CNC2CC2)sc1C. The molecule has 0 amide bonds. The van der Waals surface area contributed by atoms with E-state index < -0.39 is 0 Å². The normalized spacial score (nSPS) is 15.6. The zero-order valence-electron chi connectivity index (χ0n) is 11.7. The van der Waals surface area contributed by atoms with Crippen LogP contribution in [0.3, 0.4) is 0 Å². The molecular weight excluding hydrogens is 260 g/mol. The van der Waals surface area contributed by atoms with Gasteiger partial charge in [0, 0.05) is 41.2 Å². The van der Waals surface area contributed by atoms with Crippen LogP contribution in [0.4, 0.5) is 0 Å². The third kappa shape index (κ3) is 4.57. The molecule has 2 rings (SSSR count). The third-order valence-electron chi connectivity index (χ3n) is 3.33. The average molecular weight is 284 g/mol. The smallest absolute Gasteiger partial charge is 0.0302 e. The zero-order valence-corrected chi connectivity index (χ0v) is 13.3. The first kappa shape index (κ1) is 14.4. The summed E-state index contributed by atoms with van der Waals surface area (Å²) in [4.78, 5) is 5.40. The molecule has 0 saturated heterocycles. The van der Waals surface area contributed by atoms with Crippen LogP contribution in [0.25, 0.3) is 0 Å². The molecule has 1 aliphatic rings. The van der Waals surface area contributed by atoms with Gasteiger partial charge in [0.1, 0.15) is 0 Å². The Morgan fingerprint density at radius 2 is 2.28 bits per heavy atom. The number of nitrogens with zero attached hydrogens (tertiary/aromatic N) is 1. The average Bonchev–Trinajstić information content (AvgIpc) is 3.11. The Labute approximate surface area is 119 Å². The van der Waals surface area contributed by atoms with Crippen molar-refractivity contribution in [3.8, 4) is 0 Å². The second-order valence-corrected chi connectivity index (χ2v) is 7.51. The maximum Gasteiger partial charge on any atom is 0.0302 e. The quantitative estimate of drug-likeness (QED) is 0.790. The predicted octanol–water partition coefficient (Wildman–Crippen LogP) is 3.10. The molecule has 0 aromatic carbocycles. The van der Waals surface area contributed by atoms with Crippen molar-refractivity contribution < 1.29 is 0 Å². The van der Waals surface area contributed by atoms with Gasteiger partial charge in [-0.05, 0) is 44.7 Å². The molecule has 1 aromatic heterocycles. The fourth-order valence-electron chi connectivity index (χ4n) is 1.98. The van der Waals surface area contributed by atoms with E-state index in [0.717, 1.165) is 19.1 Å². The Morgan fingerprint density at radius 1 is 1.50 bits per heavy atom. The maximum atomic E-state index is 3.59. The molecule has 0 bridgehead atoms. The Kier molecular flexibility index (Phi) is 5.55. The van der Waals surface area contributed by atoms with E-state index in [4.69, 9.17) is 0 Å². The van der Waals surface area contributed by atoms with Crippen LogP contribution in [-0.2, 0) is 13.1 Å². The van der Waals surface area contributed by atoms with E-state index in [1.807, 2.05) is 23.1 Å². The van der Waals surface area contributed by atoms with E-state index >= 15 is 0 Å². The van der Waals surface area contributed by atoms with Gasteiger partial charge >= 0.3 is 0 Å². The molecule has 1 saturated carbocycles. The molecule has 1 fully saturated rings. The molecule has 1 aliphatic carbocycles. The van der Waals surface area contributed by atoms with Crippen molar-refractivity contribution in [1.82, 2.24) is 10.2 Å². The van der Waals surface area contributed by atoms with E-state index in [2.05, 4.69) is 36.5 Å². The van der Waals surface area contributed by atoms with Crippen LogP contribution in [0.2, 0.25) is 0 Å². The molecule has 0 spiro atoms. The minimum Gasteiger partial charge on any atom is -0.309 e. The summed E-state index contributed by atoms with van der Waals surface area (Å²) in [5.74, 6) is 1.22. The first-order valence-electron chi connectivity index (χ1n) is 6.68. The number of nitrogens with one attached hydrogen (secondary N) is 1. The lowest BCUT2D eigenvalue weighted by molar-refractivity contribution is 0.348. The summed E-state index contributed by atoms with van der Waals surface area (Å²) in [6, 6.07) is 3.20. The highest BCUT2D eigenvalue weighted by Crippen LogP contribution is 2.25. The number of rotatable bonds is 8. The highest BCUT2D eigenvalue weighted by molar-refractivity contribution is 7.98. The van der Waals surface area contributed by atoms with Gasteiger partial charge in [-0.1, -0.05) is 0 Å². The van der Waals surface area contributed by atoms with Crippen LogP contribution >= 0.6 is 23.1 Å². The standard InChI is InChI=1S/C14H24N2S2/c1-11-12(10-16(2)6-7-17-3)8-14(18-11)9-15-13-4-5-13/h8,13,15H,4-7,9-10H2,1-3H3. The molecule has 4 heteroatoms. The first-order valence-corrected chi connectivity index (χ1v) is 8.89. The van der Waals surface area contributed by atoms with Crippen molar-refractivity contribution in [2.75, 3.05) is 25.6 Å². The van der Waals surface area contributed by atoms with E-state index in [9.17, 15) is 0 Å². The summed E-state index contributed by atoms with van der Waals surface area (Å²) in [6.45, 7) is 5.58. The summed E-state index contributed by atoms with van der Waals surface area (Å²) in [5, 5.41) is 3.59. The van der Waals surface area contributed by atoms with E-state index in [0.29, 0.717) is 0 Å². The Hall–Kier alpha value is -0.0300. The highest BCUT2D eigenvalue weighted by Gasteiger charge is 2.20. The Morgan fingerprint density at radius 3 is 2.94 bits per heavy atom. The predicted molar refractivity (Wildman–Crippen MR) is 83.6 cm³/mol. The maximum absolute atomic E-state index is 3.59. The van der Waals surface area contributed by atoms with Gasteiger partial charge in [-0.2, -0.15) is 11.8 Å². The molecular formula is C14H24N2S2. The summed E-state index contributed by atoms with van der Waals surface area (Å²) in [6.07, 6.45) is 4.91. The van der Waals surface area contributed by atoms with E-state index in [1.54, 1.807) is 0 Å². The van der Waals surface area contributed by atoms with Crippen LogP contribution in [0.5, 0.6) is 0 Å². The number of aryl methyl sites for hydroxylation is 1. The van der Waals surface area contributed by atoms with Crippen LogP contribution in [0, 0.1) is 6.92 Å². The molecule has 0 radical (unpaired) electrons. The summed E-state index contributed by atoms with van der Waals surface area (Å²) >= 11 is 3.87. The fourth-order valence-corrected chi connectivity index (χ4v) is 3.48. The van der Waals surface area contributed by atoms with Gasteiger partial charge in [0.05, 0.1) is 0 Å². The second kappa shape index (κ2) is 6.94. The monoisotopic (exact) mass is 284 g/mol. The molecule has 0 atom stereocenters. The minimum absolute atomic E-state index is 0.806. The Bertz CT molecular complexity index is 372. The number of thiophene rings is 1. The second-order valence-electron chi connectivity index (χ2n) is 5.18. The Balaban J connectivity index is 1.82. The van der Waals surface area contributed by atoms with Gasteiger partial charge < -0.3 is 10.2 Å². The van der Waals surface area contributed by atoms with Crippen LogP contribution in [0.1, 0.15) is 28.2 Å². The third-order valence-corrected chi connectivity index (χ3v) is 5.01. The molecule has 0 unspecified atom stereocenters. The molecule has 18 heavy (non-hydrogen) atoms. The lowest BCUT2D eigenvalue weighted by Gasteiger charge is -2.15. The minimum atomic E-state index is 0.806. The van der Waals surface area contributed by atoms with Crippen molar-refractivity contribution in [1.29, 1.82) is 0 Å². The van der Waals surface area contributed by atoms with Crippen molar-refractivity contribution in [3.63, 3.8) is 0 Å². The summed E-state index contributed by atoms with van der Waals surface area (Å²) in [5.41, 5.74) is 1.51. The zero-order chi connectivity index (χ0) is 13.0. The summed E-state index contributed by atoms with van der Waals surface area (Å²) < 4.78 is 0.